The van der Waals surface area contributed by atoms with Gasteiger partial charge >= 0.3 is 0 Å². The molecule has 1 fully saturated rings. The second-order valence-electron chi connectivity index (χ2n) is 5.62. The number of rotatable bonds is 5. The van der Waals surface area contributed by atoms with Crippen LogP contribution < -0.4 is 5.32 Å². The van der Waals surface area contributed by atoms with Crippen LogP contribution in [-0.2, 0) is 0 Å². The minimum atomic E-state index is 0.553. The van der Waals surface area contributed by atoms with E-state index in [1.807, 2.05) is 0 Å². The van der Waals surface area contributed by atoms with Gasteiger partial charge in [-0.1, -0.05) is 38.3 Å². The number of allylic oxidation sites excluding steroid dienone is 1. The molecule has 0 aliphatic heterocycles. The molecule has 0 aromatic rings. The van der Waals surface area contributed by atoms with E-state index in [-0.39, 0.29) is 0 Å². The normalized spacial score (nSPS) is 29.1. The molecule has 16 heavy (non-hydrogen) atoms. The fraction of sp³-hybridized carbons (Fsp3) is 0.867. The lowest BCUT2D eigenvalue weighted by molar-refractivity contribution is 0.323. The van der Waals surface area contributed by atoms with Crippen LogP contribution >= 0.6 is 0 Å². The van der Waals surface area contributed by atoms with E-state index in [9.17, 15) is 0 Å². The van der Waals surface area contributed by atoms with Crippen LogP contribution in [0.4, 0.5) is 0 Å². The molecule has 3 unspecified atom stereocenters. The zero-order valence-corrected chi connectivity index (χ0v) is 11.6. The van der Waals surface area contributed by atoms with Crippen molar-refractivity contribution in [3.8, 4) is 0 Å². The molecule has 3 atom stereocenters. The summed E-state index contributed by atoms with van der Waals surface area (Å²) in [4.78, 5) is 0. The highest BCUT2D eigenvalue weighted by atomic mass is 14.9. The zero-order valence-electron chi connectivity index (χ0n) is 11.6. The Kier molecular flexibility index (Phi) is 6.12. The lowest BCUT2D eigenvalue weighted by Crippen LogP contribution is -2.28. The molecular weight excluding hydrogens is 194 g/mol. The molecule has 94 valence electrons. The highest BCUT2D eigenvalue weighted by molar-refractivity contribution is 5.08. The molecule has 0 radical (unpaired) electrons. The van der Waals surface area contributed by atoms with Crippen molar-refractivity contribution in [1.82, 2.24) is 5.32 Å². The van der Waals surface area contributed by atoms with Crippen molar-refractivity contribution in [2.75, 3.05) is 6.54 Å². The van der Waals surface area contributed by atoms with Gasteiger partial charge in [0.25, 0.3) is 0 Å². The van der Waals surface area contributed by atoms with Crippen LogP contribution in [0.15, 0.2) is 11.6 Å². The summed E-state index contributed by atoms with van der Waals surface area (Å²) in [6.07, 6.45) is 9.42. The predicted octanol–water partition coefficient (Wildman–Crippen LogP) is 4.15. The van der Waals surface area contributed by atoms with Crippen LogP contribution in [0.25, 0.3) is 0 Å². The van der Waals surface area contributed by atoms with Gasteiger partial charge < -0.3 is 5.32 Å². The fourth-order valence-corrected chi connectivity index (χ4v) is 2.67. The van der Waals surface area contributed by atoms with Crippen LogP contribution in [0.5, 0.6) is 0 Å². The first-order valence-corrected chi connectivity index (χ1v) is 7.05. The van der Waals surface area contributed by atoms with E-state index in [2.05, 4.69) is 39.1 Å². The minimum Gasteiger partial charge on any atom is -0.311 e. The molecule has 0 aromatic carbocycles. The lowest BCUT2D eigenvalue weighted by atomic mass is 9.81. The van der Waals surface area contributed by atoms with Crippen molar-refractivity contribution in [3.63, 3.8) is 0 Å². The molecule has 1 heteroatoms. The first-order valence-electron chi connectivity index (χ1n) is 7.05. The van der Waals surface area contributed by atoms with Crippen molar-refractivity contribution in [2.24, 2.45) is 11.8 Å². The summed E-state index contributed by atoms with van der Waals surface area (Å²) in [5.74, 6) is 1.77. The summed E-state index contributed by atoms with van der Waals surface area (Å²) in [7, 11) is 0. The summed E-state index contributed by atoms with van der Waals surface area (Å²) >= 11 is 0. The van der Waals surface area contributed by atoms with E-state index in [1.54, 1.807) is 0 Å². The van der Waals surface area contributed by atoms with Gasteiger partial charge in [-0.05, 0) is 51.5 Å². The van der Waals surface area contributed by atoms with Gasteiger partial charge in [-0.25, -0.2) is 0 Å². The van der Waals surface area contributed by atoms with Crippen LogP contribution in [0.1, 0.15) is 59.8 Å². The van der Waals surface area contributed by atoms with Gasteiger partial charge in [-0.3, -0.25) is 0 Å². The van der Waals surface area contributed by atoms with Crippen molar-refractivity contribution in [1.29, 1.82) is 0 Å². The molecule has 0 aromatic heterocycles. The van der Waals surface area contributed by atoms with Gasteiger partial charge in [0.2, 0.25) is 0 Å². The van der Waals surface area contributed by atoms with E-state index in [4.69, 9.17) is 0 Å². The number of hydrogen-bond acceptors (Lipinski definition) is 1. The molecule has 0 saturated heterocycles. The van der Waals surface area contributed by atoms with Gasteiger partial charge in [0, 0.05) is 6.04 Å². The summed E-state index contributed by atoms with van der Waals surface area (Å²) in [6.45, 7) is 10.3. The quantitative estimate of drug-likeness (QED) is 0.691. The van der Waals surface area contributed by atoms with Gasteiger partial charge in [0.15, 0.2) is 0 Å². The third kappa shape index (κ3) is 4.69. The molecule has 0 heterocycles. The molecule has 0 bridgehead atoms. The van der Waals surface area contributed by atoms with E-state index in [0.717, 1.165) is 18.4 Å². The summed E-state index contributed by atoms with van der Waals surface area (Å²) in [5.41, 5.74) is 1.53. The van der Waals surface area contributed by atoms with Gasteiger partial charge in [0.05, 0.1) is 0 Å². The first-order chi connectivity index (χ1) is 7.63. The Hall–Kier alpha value is -0.300. The maximum absolute atomic E-state index is 3.56. The highest BCUT2D eigenvalue weighted by Crippen LogP contribution is 2.30. The second-order valence-corrected chi connectivity index (χ2v) is 5.62. The SMILES string of the molecule is CCCNC(C)C(C)=CC1CCCC(C)C1. The Morgan fingerprint density at radius 3 is 2.81 bits per heavy atom. The monoisotopic (exact) mass is 223 g/mol. The summed E-state index contributed by atoms with van der Waals surface area (Å²) in [6, 6.07) is 0.553. The molecule has 0 spiro atoms. The average molecular weight is 223 g/mol. The molecule has 1 saturated carbocycles. The smallest absolute Gasteiger partial charge is 0.0248 e. The Balaban J connectivity index is 2.41. The maximum atomic E-state index is 3.56. The van der Waals surface area contributed by atoms with Crippen molar-refractivity contribution >= 4 is 0 Å². The average Bonchev–Trinajstić information content (AvgIpc) is 2.25. The third-order valence-electron chi connectivity index (χ3n) is 3.86. The molecular formula is C15H29N. The third-order valence-corrected chi connectivity index (χ3v) is 3.86. The highest BCUT2D eigenvalue weighted by Gasteiger charge is 2.17. The van der Waals surface area contributed by atoms with Gasteiger partial charge in [-0.15, -0.1) is 0 Å². The molecule has 1 aliphatic rings. The van der Waals surface area contributed by atoms with E-state index < -0.39 is 0 Å². The molecule has 1 aliphatic carbocycles. The van der Waals surface area contributed by atoms with Crippen LogP contribution in [-0.4, -0.2) is 12.6 Å². The Morgan fingerprint density at radius 2 is 2.19 bits per heavy atom. The maximum Gasteiger partial charge on any atom is 0.0248 e. The summed E-state index contributed by atoms with van der Waals surface area (Å²) < 4.78 is 0. The summed E-state index contributed by atoms with van der Waals surface area (Å²) in [5, 5.41) is 3.56. The molecule has 1 nitrogen and oxygen atoms in total. The van der Waals surface area contributed by atoms with Crippen molar-refractivity contribution < 1.29 is 0 Å². The van der Waals surface area contributed by atoms with Crippen LogP contribution in [0.3, 0.4) is 0 Å². The zero-order chi connectivity index (χ0) is 12.0. The predicted molar refractivity (Wildman–Crippen MR) is 72.6 cm³/mol. The fourth-order valence-electron chi connectivity index (χ4n) is 2.67. The van der Waals surface area contributed by atoms with E-state index in [1.165, 1.54) is 37.7 Å². The molecule has 1 N–H and O–H groups in total. The number of hydrogen-bond donors (Lipinski definition) is 1. The topological polar surface area (TPSA) is 12.0 Å². The Bertz CT molecular complexity index is 219. The number of nitrogens with one attached hydrogen (secondary N) is 1. The molecule has 0 amide bonds. The standard InChI is InChI=1S/C15H29N/c1-5-9-16-14(4)13(3)11-15-8-6-7-12(2)10-15/h11-12,14-16H,5-10H2,1-4H3. The largest absolute Gasteiger partial charge is 0.311 e. The van der Waals surface area contributed by atoms with E-state index >= 15 is 0 Å². The van der Waals surface area contributed by atoms with Crippen molar-refractivity contribution in [3.05, 3.63) is 11.6 Å². The second kappa shape index (κ2) is 7.11. The first kappa shape index (κ1) is 13.8. The molecule has 1 rings (SSSR count). The van der Waals surface area contributed by atoms with Crippen LogP contribution in [0, 0.1) is 11.8 Å². The van der Waals surface area contributed by atoms with Gasteiger partial charge in [0.1, 0.15) is 0 Å². The van der Waals surface area contributed by atoms with Gasteiger partial charge in [-0.2, -0.15) is 0 Å². The lowest BCUT2D eigenvalue weighted by Gasteiger charge is -2.26. The van der Waals surface area contributed by atoms with Crippen molar-refractivity contribution in [2.45, 2.75) is 65.8 Å². The minimum absolute atomic E-state index is 0.553. The van der Waals surface area contributed by atoms with E-state index in [0.29, 0.717) is 6.04 Å². The Morgan fingerprint density at radius 1 is 1.44 bits per heavy atom. The Labute approximate surface area is 102 Å². The van der Waals surface area contributed by atoms with Crippen LogP contribution in [0.2, 0.25) is 0 Å².